The lowest BCUT2D eigenvalue weighted by molar-refractivity contribution is -0.139. The van der Waals surface area contributed by atoms with Crippen LogP contribution in [0.2, 0.25) is 0 Å². The number of likely N-dealkylation sites (N-methyl/N-ethyl adjacent to an activating group) is 1. The Morgan fingerprint density at radius 2 is 2.15 bits per heavy atom. The quantitative estimate of drug-likeness (QED) is 0.448. The minimum absolute atomic E-state index is 0.199. The number of rotatable bonds is 7. The van der Waals surface area contributed by atoms with E-state index < -0.39 is 12.1 Å². The summed E-state index contributed by atoms with van der Waals surface area (Å²) in [5, 5.41) is 20.4. The fourth-order valence-corrected chi connectivity index (χ4v) is 0.845. The third kappa shape index (κ3) is 9.26. The molecule has 1 unspecified atom stereocenters. The average Bonchev–Trinajstić information content (AvgIpc) is 1.96. The summed E-state index contributed by atoms with van der Waals surface area (Å²) in [6.45, 7) is 1.96. The number of carbonyl (C=O) groups is 1. The van der Waals surface area contributed by atoms with Gasteiger partial charge < -0.3 is 20.4 Å². The van der Waals surface area contributed by atoms with Crippen LogP contribution in [0.5, 0.6) is 0 Å². The number of aliphatic hydroxyl groups is 1. The van der Waals surface area contributed by atoms with Crippen molar-refractivity contribution >= 4 is 5.97 Å². The standard InChI is InChI=1S/C8H18N2O3/c1-10(2)4-3-9-6-7(11)5-8(12)13/h7,9,11H,3-6H2,1-2H3,(H,12,13). The molecular weight excluding hydrogens is 172 g/mol. The third-order valence-corrected chi connectivity index (χ3v) is 1.53. The van der Waals surface area contributed by atoms with Gasteiger partial charge >= 0.3 is 5.97 Å². The first-order valence-corrected chi connectivity index (χ1v) is 4.27. The summed E-state index contributed by atoms with van der Waals surface area (Å²) in [7, 11) is 3.91. The van der Waals surface area contributed by atoms with Gasteiger partial charge in [0, 0.05) is 19.6 Å². The largest absolute Gasteiger partial charge is 0.481 e. The van der Waals surface area contributed by atoms with Crippen molar-refractivity contribution in [3.05, 3.63) is 0 Å². The Balaban J connectivity index is 3.26. The number of carboxylic acids is 1. The second-order valence-electron chi connectivity index (χ2n) is 3.26. The lowest BCUT2D eigenvalue weighted by Gasteiger charge is -2.12. The second-order valence-corrected chi connectivity index (χ2v) is 3.26. The molecule has 1 atom stereocenters. The Bertz CT molecular complexity index is 150. The van der Waals surface area contributed by atoms with Gasteiger partial charge in [-0.25, -0.2) is 0 Å². The molecule has 0 aliphatic rings. The van der Waals surface area contributed by atoms with Crippen molar-refractivity contribution in [3.8, 4) is 0 Å². The van der Waals surface area contributed by atoms with E-state index >= 15 is 0 Å². The number of carboxylic acid groups (broad SMARTS) is 1. The summed E-state index contributed by atoms with van der Waals surface area (Å²) in [6.07, 6.45) is -0.991. The van der Waals surface area contributed by atoms with E-state index in [2.05, 4.69) is 5.32 Å². The Morgan fingerprint density at radius 3 is 2.62 bits per heavy atom. The highest BCUT2D eigenvalue weighted by molar-refractivity contribution is 5.67. The summed E-state index contributed by atoms with van der Waals surface area (Å²) >= 11 is 0. The van der Waals surface area contributed by atoms with Crippen LogP contribution in [-0.4, -0.2) is 60.9 Å². The minimum atomic E-state index is -0.970. The maximum Gasteiger partial charge on any atom is 0.306 e. The van der Waals surface area contributed by atoms with Crippen molar-refractivity contribution in [2.75, 3.05) is 33.7 Å². The van der Waals surface area contributed by atoms with Crippen molar-refractivity contribution in [1.29, 1.82) is 0 Å². The molecule has 0 aromatic carbocycles. The van der Waals surface area contributed by atoms with E-state index in [-0.39, 0.29) is 6.42 Å². The Kier molecular flexibility index (Phi) is 6.48. The number of aliphatic carboxylic acids is 1. The Morgan fingerprint density at radius 1 is 1.54 bits per heavy atom. The van der Waals surface area contributed by atoms with Crippen LogP contribution in [0.1, 0.15) is 6.42 Å². The van der Waals surface area contributed by atoms with Crippen molar-refractivity contribution in [3.63, 3.8) is 0 Å². The molecule has 5 nitrogen and oxygen atoms in total. The smallest absolute Gasteiger partial charge is 0.306 e. The molecule has 0 heterocycles. The molecule has 0 spiro atoms. The van der Waals surface area contributed by atoms with E-state index in [0.717, 1.165) is 13.1 Å². The van der Waals surface area contributed by atoms with Crippen molar-refractivity contribution in [1.82, 2.24) is 10.2 Å². The first-order valence-electron chi connectivity index (χ1n) is 4.27. The van der Waals surface area contributed by atoms with Crippen molar-refractivity contribution in [2.45, 2.75) is 12.5 Å². The van der Waals surface area contributed by atoms with Crippen molar-refractivity contribution < 1.29 is 15.0 Å². The molecule has 0 aliphatic carbocycles. The summed E-state index contributed by atoms with van der Waals surface area (Å²) in [5.74, 6) is -0.970. The SMILES string of the molecule is CN(C)CCNCC(O)CC(=O)O. The van der Waals surface area contributed by atoms with Gasteiger partial charge in [0.1, 0.15) is 0 Å². The molecule has 0 fully saturated rings. The molecule has 0 aromatic rings. The van der Waals surface area contributed by atoms with Crippen LogP contribution < -0.4 is 5.32 Å². The summed E-state index contributed by atoms with van der Waals surface area (Å²) in [4.78, 5) is 12.2. The minimum Gasteiger partial charge on any atom is -0.481 e. The van der Waals surface area contributed by atoms with Gasteiger partial charge in [-0.15, -0.1) is 0 Å². The topological polar surface area (TPSA) is 72.8 Å². The highest BCUT2D eigenvalue weighted by Gasteiger charge is 2.07. The molecule has 78 valence electrons. The molecule has 0 radical (unpaired) electrons. The van der Waals surface area contributed by atoms with E-state index in [4.69, 9.17) is 10.2 Å². The maximum atomic E-state index is 10.2. The maximum absolute atomic E-state index is 10.2. The Labute approximate surface area is 78.4 Å². The normalized spacial score (nSPS) is 13.2. The van der Waals surface area contributed by atoms with Crippen LogP contribution in [0, 0.1) is 0 Å². The molecule has 13 heavy (non-hydrogen) atoms. The van der Waals surface area contributed by atoms with E-state index in [1.807, 2.05) is 19.0 Å². The third-order valence-electron chi connectivity index (χ3n) is 1.53. The number of aliphatic hydroxyl groups excluding tert-OH is 1. The molecule has 0 rings (SSSR count). The lowest BCUT2D eigenvalue weighted by atomic mass is 10.2. The molecule has 5 heteroatoms. The number of nitrogens with zero attached hydrogens (tertiary/aromatic N) is 1. The van der Waals surface area contributed by atoms with Gasteiger partial charge in [0.05, 0.1) is 12.5 Å². The van der Waals surface area contributed by atoms with Gasteiger partial charge in [-0.1, -0.05) is 0 Å². The molecule has 0 aromatic heterocycles. The first kappa shape index (κ1) is 12.3. The number of hydrogen-bond acceptors (Lipinski definition) is 4. The molecule has 0 aliphatic heterocycles. The summed E-state index contributed by atoms with van der Waals surface area (Å²) in [6, 6.07) is 0. The van der Waals surface area contributed by atoms with E-state index in [0.29, 0.717) is 6.54 Å². The van der Waals surface area contributed by atoms with Gasteiger partial charge in [0.15, 0.2) is 0 Å². The first-order chi connectivity index (χ1) is 6.02. The van der Waals surface area contributed by atoms with E-state index in [1.54, 1.807) is 0 Å². The van der Waals surface area contributed by atoms with Gasteiger partial charge in [-0.2, -0.15) is 0 Å². The van der Waals surface area contributed by atoms with Crippen LogP contribution in [0.4, 0.5) is 0 Å². The number of nitrogens with one attached hydrogen (secondary N) is 1. The van der Waals surface area contributed by atoms with Crippen LogP contribution in [0.25, 0.3) is 0 Å². The molecule has 3 N–H and O–H groups in total. The van der Waals surface area contributed by atoms with Crippen LogP contribution in [0.15, 0.2) is 0 Å². The highest BCUT2D eigenvalue weighted by Crippen LogP contribution is 1.88. The molecular formula is C8H18N2O3. The van der Waals surface area contributed by atoms with Crippen LogP contribution in [0.3, 0.4) is 0 Å². The number of hydrogen-bond donors (Lipinski definition) is 3. The van der Waals surface area contributed by atoms with Crippen molar-refractivity contribution in [2.24, 2.45) is 0 Å². The highest BCUT2D eigenvalue weighted by atomic mass is 16.4. The zero-order chi connectivity index (χ0) is 10.3. The predicted molar refractivity (Wildman–Crippen MR) is 49.7 cm³/mol. The fourth-order valence-electron chi connectivity index (χ4n) is 0.845. The molecule has 0 saturated carbocycles. The van der Waals surface area contributed by atoms with Gasteiger partial charge in [-0.3, -0.25) is 4.79 Å². The lowest BCUT2D eigenvalue weighted by Crippen LogP contribution is -2.33. The summed E-state index contributed by atoms with van der Waals surface area (Å²) < 4.78 is 0. The van der Waals surface area contributed by atoms with Gasteiger partial charge in [-0.05, 0) is 14.1 Å². The molecule has 0 amide bonds. The van der Waals surface area contributed by atoms with E-state index in [9.17, 15) is 4.79 Å². The summed E-state index contributed by atoms with van der Waals surface area (Å²) in [5.41, 5.74) is 0. The zero-order valence-corrected chi connectivity index (χ0v) is 8.16. The molecule has 0 saturated heterocycles. The monoisotopic (exact) mass is 190 g/mol. The predicted octanol–water partition coefficient (Wildman–Crippen LogP) is -1.03. The Hall–Kier alpha value is -0.650. The van der Waals surface area contributed by atoms with Crippen LogP contribution >= 0.6 is 0 Å². The zero-order valence-electron chi connectivity index (χ0n) is 8.16. The van der Waals surface area contributed by atoms with Crippen LogP contribution in [-0.2, 0) is 4.79 Å². The fraction of sp³-hybridized carbons (Fsp3) is 0.875. The van der Waals surface area contributed by atoms with Gasteiger partial charge in [0.25, 0.3) is 0 Å². The second kappa shape index (κ2) is 6.82. The van der Waals surface area contributed by atoms with Gasteiger partial charge in [0.2, 0.25) is 0 Å². The molecule has 0 bridgehead atoms. The van der Waals surface area contributed by atoms with E-state index in [1.165, 1.54) is 0 Å². The average molecular weight is 190 g/mol.